The van der Waals surface area contributed by atoms with E-state index in [1.54, 1.807) is 17.5 Å². The quantitative estimate of drug-likeness (QED) is 0.743. The van der Waals surface area contributed by atoms with Crippen LogP contribution in [0.5, 0.6) is 0 Å². The number of aryl methyl sites for hydroxylation is 2. The fraction of sp³-hybridized carbons (Fsp3) is 0.357. The topological polar surface area (TPSA) is 46.8 Å². The molecule has 0 fully saturated rings. The molecule has 3 aromatic heterocycles. The summed E-state index contributed by atoms with van der Waals surface area (Å²) < 4.78 is 3.00. The summed E-state index contributed by atoms with van der Waals surface area (Å²) in [6.07, 6.45) is 3.70. The average Bonchev–Trinajstić information content (AvgIpc) is 3.01. The zero-order chi connectivity index (χ0) is 14.3. The highest BCUT2D eigenvalue weighted by Gasteiger charge is 2.18. The molecule has 1 atom stereocenters. The first-order chi connectivity index (χ1) is 9.58. The van der Waals surface area contributed by atoms with Gasteiger partial charge in [0.1, 0.15) is 0 Å². The molecule has 0 saturated heterocycles. The number of pyridine rings is 1. The first-order valence-electron chi connectivity index (χ1n) is 6.51. The number of nitrogens with zero attached hydrogens (tertiary/aromatic N) is 5. The molecule has 0 bridgehead atoms. The van der Waals surface area contributed by atoms with Crippen molar-refractivity contribution in [3.8, 4) is 0 Å². The van der Waals surface area contributed by atoms with E-state index in [9.17, 15) is 0 Å². The van der Waals surface area contributed by atoms with Crippen LogP contribution in [0.1, 0.15) is 24.2 Å². The predicted molar refractivity (Wildman–Crippen MR) is 82.2 cm³/mol. The third-order valence-corrected chi connectivity index (χ3v) is 4.83. The summed E-state index contributed by atoms with van der Waals surface area (Å²) in [6, 6.07) is 4.29. The maximum Gasteiger partial charge on any atom is 0.188 e. The van der Waals surface area contributed by atoms with Crippen LogP contribution in [0, 0.1) is 6.92 Å². The fourth-order valence-corrected chi connectivity index (χ4v) is 3.31. The van der Waals surface area contributed by atoms with Crippen molar-refractivity contribution in [1.29, 1.82) is 0 Å². The molecule has 0 unspecified atom stereocenters. The van der Waals surface area contributed by atoms with Gasteiger partial charge in [-0.05, 0) is 25.5 Å². The molecule has 6 heteroatoms. The smallest absolute Gasteiger partial charge is 0.188 e. The van der Waals surface area contributed by atoms with Gasteiger partial charge in [0, 0.05) is 26.5 Å². The number of aromatic nitrogens is 4. The van der Waals surface area contributed by atoms with Crippen LogP contribution in [-0.4, -0.2) is 26.8 Å². The maximum absolute atomic E-state index is 4.70. The monoisotopic (exact) mass is 287 g/mol. The molecule has 0 aromatic carbocycles. The minimum absolute atomic E-state index is 0.234. The van der Waals surface area contributed by atoms with E-state index in [-0.39, 0.29) is 6.04 Å². The molecule has 0 aliphatic rings. The van der Waals surface area contributed by atoms with E-state index in [1.807, 2.05) is 30.9 Å². The Morgan fingerprint density at radius 2 is 2.20 bits per heavy atom. The van der Waals surface area contributed by atoms with Crippen LogP contribution in [0.2, 0.25) is 0 Å². The van der Waals surface area contributed by atoms with E-state index in [0.29, 0.717) is 0 Å². The molecule has 0 amide bonds. The number of hydrogen-bond donors (Lipinski definition) is 0. The van der Waals surface area contributed by atoms with Gasteiger partial charge in [0.2, 0.25) is 0 Å². The lowest BCUT2D eigenvalue weighted by Crippen LogP contribution is -2.21. The molecule has 3 heterocycles. The molecule has 20 heavy (non-hydrogen) atoms. The Hall–Kier alpha value is -1.95. The molecule has 3 aromatic rings. The van der Waals surface area contributed by atoms with Gasteiger partial charge in [0.25, 0.3) is 0 Å². The lowest BCUT2D eigenvalue weighted by molar-refractivity contribution is 0.729. The van der Waals surface area contributed by atoms with Crippen molar-refractivity contribution in [2.45, 2.75) is 19.9 Å². The second-order valence-electron chi connectivity index (χ2n) is 4.93. The summed E-state index contributed by atoms with van der Waals surface area (Å²) in [5, 5.41) is 5.40. The lowest BCUT2D eigenvalue weighted by Gasteiger charge is -2.24. The molecule has 0 spiro atoms. The number of hydrogen-bond acceptors (Lipinski definition) is 5. The first kappa shape index (κ1) is 13.1. The van der Waals surface area contributed by atoms with Crippen molar-refractivity contribution in [2.24, 2.45) is 7.05 Å². The molecule has 0 aliphatic carbocycles. The van der Waals surface area contributed by atoms with Crippen LogP contribution >= 0.6 is 11.3 Å². The number of anilines is 1. The molecular formula is C14H17N5S. The van der Waals surface area contributed by atoms with Gasteiger partial charge < -0.3 is 4.90 Å². The van der Waals surface area contributed by atoms with Crippen molar-refractivity contribution in [1.82, 2.24) is 19.7 Å². The van der Waals surface area contributed by atoms with Crippen molar-refractivity contribution >= 4 is 26.8 Å². The predicted octanol–water partition coefficient (Wildman–Crippen LogP) is 2.93. The third kappa shape index (κ3) is 2.06. The molecule has 0 N–H and O–H groups in total. The molecule has 3 rings (SSSR count). The minimum Gasteiger partial charge on any atom is -0.344 e. The first-order valence-corrected chi connectivity index (χ1v) is 7.32. The molecule has 0 radical (unpaired) electrons. The summed E-state index contributed by atoms with van der Waals surface area (Å²) >= 11 is 1.69. The van der Waals surface area contributed by atoms with Crippen LogP contribution in [0.25, 0.3) is 10.3 Å². The van der Waals surface area contributed by atoms with E-state index >= 15 is 0 Å². The van der Waals surface area contributed by atoms with Crippen molar-refractivity contribution in [3.63, 3.8) is 0 Å². The van der Waals surface area contributed by atoms with Gasteiger partial charge in [-0.3, -0.25) is 4.98 Å². The average molecular weight is 287 g/mol. The van der Waals surface area contributed by atoms with Crippen LogP contribution in [0.3, 0.4) is 0 Å². The zero-order valence-corrected chi connectivity index (χ0v) is 12.8. The standard InChI is InChI=1S/C14H17N5S/c1-9-12-13(19(4)17-9)16-14(20-12)18(3)10(2)11-6-5-7-15-8-11/h5-8,10H,1-4H3/t10-/m1/s1. The van der Waals surface area contributed by atoms with Gasteiger partial charge in [0.05, 0.1) is 16.4 Å². The second-order valence-corrected chi connectivity index (χ2v) is 5.91. The Balaban J connectivity index is 1.96. The summed E-state index contributed by atoms with van der Waals surface area (Å²) in [5.41, 5.74) is 3.17. The zero-order valence-electron chi connectivity index (χ0n) is 12.0. The van der Waals surface area contributed by atoms with E-state index in [2.05, 4.69) is 35.0 Å². The number of rotatable bonds is 3. The summed E-state index contributed by atoms with van der Waals surface area (Å²) in [5.74, 6) is 0. The van der Waals surface area contributed by atoms with Gasteiger partial charge in [-0.2, -0.15) is 5.10 Å². The number of fused-ring (bicyclic) bond motifs is 1. The second kappa shape index (κ2) is 4.86. The SMILES string of the molecule is Cc1nn(C)c2nc(N(C)[C@H](C)c3cccnc3)sc12. The van der Waals surface area contributed by atoms with Crippen molar-refractivity contribution in [2.75, 3.05) is 11.9 Å². The molecule has 104 valence electrons. The van der Waals surface area contributed by atoms with E-state index in [4.69, 9.17) is 4.98 Å². The van der Waals surface area contributed by atoms with Gasteiger partial charge in [-0.15, -0.1) is 0 Å². The maximum atomic E-state index is 4.70. The Morgan fingerprint density at radius 3 is 2.85 bits per heavy atom. The van der Waals surface area contributed by atoms with Crippen LogP contribution in [-0.2, 0) is 7.05 Å². The highest BCUT2D eigenvalue weighted by molar-refractivity contribution is 7.22. The van der Waals surface area contributed by atoms with E-state index in [1.165, 1.54) is 5.56 Å². The molecular weight excluding hydrogens is 270 g/mol. The van der Waals surface area contributed by atoms with Gasteiger partial charge in [-0.1, -0.05) is 17.4 Å². The molecule has 5 nitrogen and oxygen atoms in total. The molecule has 0 saturated carbocycles. The van der Waals surface area contributed by atoms with Gasteiger partial charge in [0.15, 0.2) is 10.8 Å². The fourth-order valence-electron chi connectivity index (χ4n) is 2.24. The van der Waals surface area contributed by atoms with E-state index < -0.39 is 0 Å². The summed E-state index contributed by atoms with van der Waals surface area (Å²) in [4.78, 5) is 11.1. The number of thiazole rings is 1. The largest absolute Gasteiger partial charge is 0.344 e. The van der Waals surface area contributed by atoms with Crippen LogP contribution < -0.4 is 4.90 Å². The Labute approximate surface area is 121 Å². The molecule has 0 aliphatic heterocycles. The summed E-state index contributed by atoms with van der Waals surface area (Å²) in [7, 11) is 4.00. The van der Waals surface area contributed by atoms with Crippen molar-refractivity contribution in [3.05, 3.63) is 35.8 Å². The normalized spacial score (nSPS) is 12.8. The Kier molecular flexibility index (Phi) is 3.17. The van der Waals surface area contributed by atoms with Crippen molar-refractivity contribution < 1.29 is 0 Å². The van der Waals surface area contributed by atoms with Crippen LogP contribution in [0.4, 0.5) is 5.13 Å². The lowest BCUT2D eigenvalue weighted by atomic mass is 10.1. The van der Waals surface area contributed by atoms with E-state index in [0.717, 1.165) is 21.2 Å². The highest BCUT2D eigenvalue weighted by Crippen LogP contribution is 2.33. The third-order valence-electron chi connectivity index (χ3n) is 3.58. The minimum atomic E-state index is 0.234. The Bertz CT molecular complexity index is 696. The highest BCUT2D eigenvalue weighted by atomic mass is 32.1. The van der Waals surface area contributed by atoms with Gasteiger partial charge >= 0.3 is 0 Å². The van der Waals surface area contributed by atoms with Crippen LogP contribution in [0.15, 0.2) is 24.5 Å². The Morgan fingerprint density at radius 1 is 1.40 bits per heavy atom. The summed E-state index contributed by atoms with van der Waals surface area (Å²) in [6.45, 7) is 4.18. The van der Waals surface area contributed by atoms with Gasteiger partial charge in [-0.25, -0.2) is 9.67 Å².